The lowest BCUT2D eigenvalue weighted by atomic mass is 10.1. The predicted molar refractivity (Wildman–Crippen MR) is 83.4 cm³/mol. The van der Waals surface area contributed by atoms with E-state index in [-0.39, 0.29) is 0 Å². The van der Waals surface area contributed by atoms with Crippen molar-refractivity contribution >= 4 is 11.9 Å². The molecule has 0 spiro atoms. The molecule has 0 aromatic heterocycles. The molecule has 0 aliphatic carbocycles. The Morgan fingerprint density at radius 1 is 0.895 bits per heavy atom. The van der Waals surface area contributed by atoms with Gasteiger partial charge >= 0.3 is 0 Å². The molecule has 0 aliphatic heterocycles. The first-order chi connectivity index (χ1) is 9.38. The highest BCUT2D eigenvalue weighted by Gasteiger charge is 1.93. The third-order valence-corrected chi connectivity index (χ3v) is 3.17. The van der Waals surface area contributed by atoms with Gasteiger partial charge in [0.15, 0.2) is 0 Å². The van der Waals surface area contributed by atoms with E-state index < -0.39 is 0 Å². The average molecular weight is 251 g/mol. The lowest BCUT2D eigenvalue weighted by molar-refractivity contribution is 0.795. The van der Waals surface area contributed by atoms with Crippen LogP contribution in [-0.2, 0) is 12.8 Å². The Labute approximate surface area is 116 Å². The van der Waals surface area contributed by atoms with Crippen LogP contribution in [0.2, 0.25) is 0 Å². The second-order valence-electron chi connectivity index (χ2n) is 4.77. The van der Waals surface area contributed by atoms with E-state index in [2.05, 4.69) is 60.4 Å². The molecule has 1 nitrogen and oxygen atoms in total. The van der Waals surface area contributed by atoms with Crippen LogP contribution in [-0.4, -0.2) is 6.21 Å². The summed E-state index contributed by atoms with van der Waals surface area (Å²) in [7, 11) is 0. The van der Waals surface area contributed by atoms with Crippen LogP contribution < -0.4 is 0 Å². The maximum atomic E-state index is 4.50. The second-order valence-corrected chi connectivity index (χ2v) is 4.77. The van der Waals surface area contributed by atoms with E-state index in [1.165, 1.54) is 30.4 Å². The van der Waals surface area contributed by atoms with Crippen LogP contribution in [0.15, 0.2) is 59.6 Å². The van der Waals surface area contributed by atoms with Crippen molar-refractivity contribution in [2.75, 3.05) is 0 Å². The minimum atomic E-state index is 0.887. The first-order valence-corrected chi connectivity index (χ1v) is 7.04. The summed E-state index contributed by atoms with van der Waals surface area (Å²) >= 11 is 0. The predicted octanol–water partition coefficient (Wildman–Crippen LogP) is 4.97. The quantitative estimate of drug-likeness (QED) is 0.642. The zero-order chi connectivity index (χ0) is 13.3. The highest BCUT2D eigenvalue weighted by atomic mass is 14.7. The Bertz CT molecular complexity index is 497. The van der Waals surface area contributed by atoms with Crippen LogP contribution >= 0.6 is 0 Å². The highest BCUT2D eigenvalue weighted by molar-refractivity contribution is 5.66. The summed E-state index contributed by atoms with van der Waals surface area (Å²) in [6, 6.07) is 19.0. The zero-order valence-corrected chi connectivity index (χ0v) is 11.5. The summed E-state index contributed by atoms with van der Waals surface area (Å²) in [5.41, 5.74) is 3.74. The minimum Gasteiger partial charge on any atom is -0.261 e. The fourth-order valence-electron chi connectivity index (χ4n) is 2.00. The number of aliphatic imine (C=N–C) groups is 1. The fourth-order valence-corrected chi connectivity index (χ4v) is 2.00. The Hall–Kier alpha value is -1.89. The van der Waals surface area contributed by atoms with Crippen LogP contribution in [0.4, 0.5) is 5.69 Å². The van der Waals surface area contributed by atoms with Crippen LogP contribution in [0.5, 0.6) is 0 Å². The molecule has 2 aromatic carbocycles. The van der Waals surface area contributed by atoms with Crippen molar-refractivity contribution in [2.45, 2.75) is 32.6 Å². The van der Waals surface area contributed by atoms with Gasteiger partial charge in [0, 0.05) is 12.6 Å². The molecule has 2 rings (SSSR count). The average Bonchev–Trinajstić information content (AvgIpc) is 2.47. The van der Waals surface area contributed by atoms with E-state index in [0.29, 0.717) is 0 Å². The molecule has 0 aliphatic rings. The molecule has 98 valence electrons. The molecule has 0 radical (unpaired) electrons. The van der Waals surface area contributed by atoms with Gasteiger partial charge in [-0.3, -0.25) is 4.99 Å². The zero-order valence-electron chi connectivity index (χ0n) is 11.5. The van der Waals surface area contributed by atoms with Crippen molar-refractivity contribution in [1.29, 1.82) is 0 Å². The number of benzene rings is 2. The molecular weight excluding hydrogens is 230 g/mol. The van der Waals surface area contributed by atoms with Crippen LogP contribution in [0, 0.1) is 0 Å². The lowest BCUT2D eigenvalue weighted by Crippen LogP contribution is -1.85. The van der Waals surface area contributed by atoms with Gasteiger partial charge in [0.1, 0.15) is 0 Å². The molecular formula is C18H21N. The summed E-state index contributed by atoms with van der Waals surface area (Å²) in [4.78, 5) is 4.50. The molecule has 0 heterocycles. The smallest absolute Gasteiger partial charge is 0.0626 e. The van der Waals surface area contributed by atoms with Crippen LogP contribution in [0.25, 0.3) is 0 Å². The number of nitrogens with zero attached hydrogens (tertiary/aromatic N) is 1. The Balaban J connectivity index is 1.88. The molecule has 19 heavy (non-hydrogen) atoms. The summed E-state index contributed by atoms with van der Waals surface area (Å²) in [5, 5.41) is 0. The lowest BCUT2D eigenvalue weighted by Gasteiger charge is -2.00. The van der Waals surface area contributed by atoms with Crippen molar-refractivity contribution in [3.05, 3.63) is 65.7 Å². The first-order valence-electron chi connectivity index (χ1n) is 7.04. The molecule has 0 unspecified atom stereocenters. The monoisotopic (exact) mass is 251 g/mol. The van der Waals surface area contributed by atoms with Gasteiger partial charge in [-0.15, -0.1) is 0 Å². The van der Waals surface area contributed by atoms with E-state index in [9.17, 15) is 0 Å². The molecule has 0 saturated heterocycles. The van der Waals surface area contributed by atoms with Crippen molar-refractivity contribution in [3.8, 4) is 0 Å². The molecule has 0 N–H and O–H groups in total. The highest BCUT2D eigenvalue weighted by Crippen LogP contribution is 2.14. The third kappa shape index (κ3) is 4.70. The number of hydrogen-bond donors (Lipinski definition) is 0. The molecule has 0 amide bonds. The van der Waals surface area contributed by atoms with Gasteiger partial charge in [-0.25, -0.2) is 0 Å². The van der Waals surface area contributed by atoms with Gasteiger partial charge in [0.2, 0.25) is 0 Å². The topological polar surface area (TPSA) is 12.4 Å². The Kier molecular flexibility index (Phi) is 5.36. The molecule has 0 bridgehead atoms. The number of rotatable bonds is 6. The third-order valence-electron chi connectivity index (χ3n) is 3.17. The van der Waals surface area contributed by atoms with E-state index in [1.54, 1.807) is 0 Å². The first kappa shape index (κ1) is 13.5. The molecule has 2 aromatic rings. The van der Waals surface area contributed by atoms with Gasteiger partial charge in [0.05, 0.1) is 5.69 Å². The summed E-state index contributed by atoms with van der Waals surface area (Å²) < 4.78 is 0. The van der Waals surface area contributed by atoms with Gasteiger partial charge in [0.25, 0.3) is 0 Å². The summed E-state index contributed by atoms with van der Waals surface area (Å²) in [6.07, 6.45) is 6.55. The van der Waals surface area contributed by atoms with Crippen molar-refractivity contribution in [1.82, 2.24) is 0 Å². The normalized spacial score (nSPS) is 11.0. The fraction of sp³-hybridized carbons (Fsp3) is 0.278. The summed E-state index contributed by atoms with van der Waals surface area (Å²) in [5.74, 6) is 0. The van der Waals surface area contributed by atoms with Gasteiger partial charge in [-0.05, 0) is 36.1 Å². The Morgan fingerprint density at radius 3 is 2.32 bits per heavy atom. The molecule has 0 fully saturated rings. The minimum absolute atomic E-state index is 0.887. The maximum Gasteiger partial charge on any atom is 0.0626 e. The van der Waals surface area contributed by atoms with Crippen molar-refractivity contribution in [2.24, 2.45) is 4.99 Å². The van der Waals surface area contributed by atoms with Gasteiger partial charge in [-0.1, -0.05) is 55.8 Å². The van der Waals surface area contributed by atoms with Gasteiger partial charge < -0.3 is 0 Å². The Morgan fingerprint density at radius 2 is 1.63 bits per heavy atom. The van der Waals surface area contributed by atoms with Gasteiger partial charge in [-0.2, -0.15) is 0 Å². The standard InChI is InChI=1S/C18H21N/c1-2-3-7-17-10-12-18(13-11-17)19-15-14-16-8-5-4-6-9-16/h4-6,8-13,15H,2-3,7,14H2,1H3. The van der Waals surface area contributed by atoms with E-state index >= 15 is 0 Å². The molecule has 0 atom stereocenters. The van der Waals surface area contributed by atoms with E-state index in [0.717, 1.165) is 12.1 Å². The molecule has 1 heteroatoms. The van der Waals surface area contributed by atoms with Crippen molar-refractivity contribution in [3.63, 3.8) is 0 Å². The van der Waals surface area contributed by atoms with Crippen molar-refractivity contribution < 1.29 is 0 Å². The maximum absolute atomic E-state index is 4.50. The SMILES string of the molecule is CCCCc1ccc(N=CCc2ccccc2)cc1. The number of aryl methyl sites for hydroxylation is 1. The number of hydrogen-bond acceptors (Lipinski definition) is 1. The van der Waals surface area contributed by atoms with E-state index in [4.69, 9.17) is 0 Å². The number of unbranched alkanes of at least 4 members (excludes halogenated alkanes) is 1. The summed E-state index contributed by atoms with van der Waals surface area (Å²) in [6.45, 7) is 2.22. The van der Waals surface area contributed by atoms with Crippen LogP contribution in [0.1, 0.15) is 30.9 Å². The molecule has 0 saturated carbocycles. The van der Waals surface area contributed by atoms with E-state index in [1.807, 2.05) is 12.3 Å². The second kappa shape index (κ2) is 7.52. The largest absolute Gasteiger partial charge is 0.261 e. The van der Waals surface area contributed by atoms with Crippen LogP contribution in [0.3, 0.4) is 0 Å².